The average molecular weight is 337 g/mol. The van der Waals surface area contributed by atoms with Crippen LogP contribution in [0.2, 0.25) is 0 Å². The zero-order valence-electron chi connectivity index (χ0n) is 13.5. The third-order valence-corrected chi connectivity index (χ3v) is 3.75. The molecular weight excluding hydrogens is 322 g/mol. The van der Waals surface area contributed by atoms with Crippen LogP contribution in [-0.4, -0.2) is 20.4 Å². The molecule has 7 nitrogen and oxygen atoms in total. The van der Waals surface area contributed by atoms with E-state index in [1.165, 1.54) is 18.2 Å². The first-order chi connectivity index (χ1) is 12.0. The second-order valence-electron chi connectivity index (χ2n) is 5.47. The first kappa shape index (κ1) is 16.4. The molecule has 0 aliphatic carbocycles. The molecule has 25 heavy (non-hydrogen) atoms. The lowest BCUT2D eigenvalue weighted by atomic mass is 10.1. The van der Waals surface area contributed by atoms with Crippen molar-refractivity contribution < 1.29 is 14.5 Å². The summed E-state index contributed by atoms with van der Waals surface area (Å²) in [6, 6.07) is 11.8. The largest absolute Gasteiger partial charge is 0.457 e. The van der Waals surface area contributed by atoms with Gasteiger partial charge in [0.1, 0.15) is 6.61 Å². The quantitative estimate of drug-likeness (QED) is 0.404. The lowest BCUT2D eigenvalue weighted by molar-refractivity contribution is -0.385. The maximum absolute atomic E-state index is 12.1. The second kappa shape index (κ2) is 6.96. The summed E-state index contributed by atoms with van der Waals surface area (Å²) in [5.74, 6) is -0.596. The molecule has 0 fully saturated rings. The molecule has 0 N–H and O–H groups in total. The first-order valence-corrected chi connectivity index (χ1v) is 7.54. The second-order valence-corrected chi connectivity index (χ2v) is 5.47. The van der Waals surface area contributed by atoms with Crippen LogP contribution in [0, 0.1) is 17.0 Å². The van der Waals surface area contributed by atoms with Crippen molar-refractivity contribution in [3.05, 3.63) is 88.0 Å². The predicted octanol–water partition coefficient (Wildman–Crippen LogP) is 3.45. The highest BCUT2D eigenvalue weighted by molar-refractivity contribution is 5.90. The Labute approximate surface area is 143 Å². The molecule has 0 atom stereocenters. The van der Waals surface area contributed by atoms with Gasteiger partial charge in [0.25, 0.3) is 5.69 Å². The van der Waals surface area contributed by atoms with E-state index in [9.17, 15) is 14.9 Å². The van der Waals surface area contributed by atoms with Crippen molar-refractivity contribution in [1.82, 2.24) is 9.55 Å². The van der Waals surface area contributed by atoms with Gasteiger partial charge >= 0.3 is 5.97 Å². The van der Waals surface area contributed by atoms with Crippen LogP contribution in [0.15, 0.2) is 61.2 Å². The fourth-order valence-electron chi connectivity index (χ4n) is 2.34. The van der Waals surface area contributed by atoms with Crippen LogP contribution in [0.4, 0.5) is 5.69 Å². The minimum Gasteiger partial charge on any atom is -0.457 e. The number of nitro groups is 1. The van der Waals surface area contributed by atoms with E-state index >= 15 is 0 Å². The zero-order valence-corrected chi connectivity index (χ0v) is 13.5. The minimum atomic E-state index is -0.596. The standard InChI is InChI=1S/C18H15N3O4/c1-13-2-5-15(10-17(13)21(23)24)18(22)25-11-14-3-6-16(7-4-14)20-9-8-19-12-20/h2-10,12H,11H2,1H3. The average Bonchev–Trinajstić information content (AvgIpc) is 3.15. The molecule has 0 bridgehead atoms. The van der Waals surface area contributed by atoms with Crippen molar-refractivity contribution in [3.63, 3.8) is 0 Å². The van der Waals surface area contributed by atoms with Crippen LogP contribution in [0.5, 0.6) is 0 Å². The van der Waals surface area contributed by atoms with Crippen LogP contribution in [0.25, 0.3) is 5.69 Å². The number of nitro benzene ring substituents is 1. The van der Waals surface area contributed by atoms with Crippen LogP contribution < -0.4 is 0 Å². The Morgan fingerprint density at radius 2 is 2.00 bits per heavy atom. The van der Waals surface area contributed by atoms with Crippen molar-refractivity contribution >= 4 is 11.7 Å². The normalized spacial score (nSPS) is 10.4. The van der Waals surface area contributed by atoms with Gasteiger partial charge < -0.3 is 9.30 Å². The monoisotopic (exact) mass is 337 g/mol. The van der Waals surface area contributed by atoms with Gasteiger partial charge in [-0.2, -0.15) is 0 Å². The topological polar surface area (TPSA) is 87.3 Å². The van der Waals surface area contributed by atoms with Crippen LogP contribution in [-0.2, 0) is 11.3 Å². The summed E-state index contributed by atoms with van der Waals surface area (Å²) in [4.78, 5) is 26.5. The van der Waals surface area contributed by atoms with Crippen molar-refractivity contribution in [3.8, 4) is 5.69 Å². The molecule has 0 amide bonds. The van der Waals surface area contributed by atoms with E-state index in [0.29, 0.717) is 5.56 Å². The lowest BCUT2D eigenvalue weighted by Crippen LogP contribution is -2.06. The summed E-state index contributed by atoms with van der Waals surface area (Å²) < 4.78 is 7.10. The number of hydrogen-bond acceptors (Lipinski definition) is 5. The number of ether oxygens (including phenoxy) is 1. The molecule has 0 radical (unpaired) electrons. The van der Waals surface area contributed by atoms with Gasteiger partial charge in [-0.15, -0.1) is 0 Å². The Bertz CT molecular complexity index is 903. The number of carbonyl (C=O) groups is 1. The number of benzene rings is 2. The summed E-state index contributed by atoms with van der Waals surface area (Å²) in [5, 5.41) is 11.0. The maximum atomic E-state index is 12.1. The van der Waals surface area contributed by atoms with E-state index in [4.69, 9.17) is 4.74 Å². The minimum absolute atomic E-state index is 0.0880. The summed E-state index contributed by atoms with van der Waals surface area (Å²) in [5.41, 5.74) is 2.32. The third-order valence-electron chi connectivity index (χ3n) is 3.75. The molecule has 0 unspecified atom stereocenters. The van der Waals surface area contributed by atoms with Gasteiger partial charge in [-0.05, 0) is 30.7 Å². The van der Waals surface area contributed by atoms with Gasteiger partial charge in [0.15, 0.2) is 0 Å². The SMILES string of the molecule is Cc1ccc(C(=O)OCc2ccc(-n3ccnc3)cc2)cc1[N+](=O)[O-]. The first-order valence-electron chi connectivity index (χ1n) is 7.54. The molecular formula is C18H15N3O4. The number of rotatable bonds is 5. The van der Waals surface area contributed by atoms with E-state index in [-0.39, 0.29) is 17.9 Å². The number of aryl methyl sites for hydroxylation is 1. The molecule has 0 saturated carbocycles. The lowest BCUT2D eigenvalue weighted by Gasteiger charge is -2.07. The number of aromatic nitrogens is 2. The smallest absolute Gasteiger partial charge is 0.338 e. The Balaban J connectivity index is 1.66. The molecule has 7 heteroatoms. The van der Waals surface area contributed by atoms with E-state index in [1.54, 1.807) is 19.4 Å². The molecule has 126 valence electrons. The van der Waals surface area contributed by atoms with Crippen LogP contribution in [0.3, 0.4) is 0 Å². The van der Waals surface area contributed by atoms with Crippen molar-refractivity contribution in [2.45, 2.75) is 13.5 Å². The summed E-state index contributed by atoms with van der Waals surface area (Å²) in [6.07, 6.45) is 5.22. The van der Waals surface area contributed by atoms with E-state index in [1.807, 2.05) is 35.0 Å². The van der Waals surface area contributed by atoms with E-state index in [0.717, 1.165) is 11.3 Å². The number of hydrogen-bond donors (Lipinski definition) is 0. The zero-order chi connectivity index (χ0) is 17.8. The fraction of sp³-hybridized carbons (Fsp3) is 0.111. The molecule has 0 aliphatic heterocycles. The number of imidazole rings is 1. The molecule has 0 saturated heterocycles. The van der Waals surface area contributed by atoms with E-state index in [2.05, 4.69) is 4.98 Å². The molecule has 1 heterocycles. The van der Waals surface area contributed by atoms with Gasteiger partial charge in [-0.1, -0.05) is 18.2 Å². The summed E-state index contributed by atoms with van der Waals surface area (Å²) in [6.45, 7) is 1.71. The molecule has 0 spiro atoms. The fourth-order valence-corrected chi connectivity index (χ4v) is 2.34. The summed E-state index contributed by atoms with van der Waals surface area (Å²) >= 11 is 0. The summed E-state index contributed by atoms with van der Waals surface area (Å²) in [7, 11) is 0. The number of nitrogens with zero attached hydrogens (tertiary/aromatic N) is 3. The highest BCUT2D eigenvalue weighted by atomic mass is 16.6. The van der Waals surface area contributed by atoms with Crippen LogP contribution in [0.1, 0.15) is 21.5 Å². The van der Waals surface area contributed by atoms with Gasteiger partial charge in [0.05, 0.1) is 16.8 Å². The number of carbonyl (C=O) groups excluding carboxylic acids is 1. The highest BCUT2D eigenvalue weighted by Gasteiger charge is 2.16. The Hall–Kier alpha value is -3.48. The Kier molecular flexibility index (Phi) is 4.56. The van der Waals surface area contributed by atoms with Crippen LogP contribution >= 0.6 is 0 Å². The van der Waals surface area contributed by atoms with Gasteiger partial charge in [0.2, 0.25) is 0 Å². The van der Waals surface area contributed by atoms with Gasteiger partial charge in [-0.3, -0.25) is 10.1 Å². The molecule has 0 aliphatic rings. The van der Waals surface area contributed by atoms with Gasteiger partial charge in [-0.25, -0.2) is 9.78 Å². The Morgan fingerprint density at radius 3 is 2.64 bits per heavy atom. The molecule has 2 aromatic carbocycles. The molecule has 3 rings (SSSR count). The van der Waals surface area contributed by atoms with Crippen molar-refractivity contribution in [2.75, 3.05) is 0 Å². The maximum Gasteiger partial charge on any atom is 0.338 e. The Morgan fingerprint density at radius 1 is 1.24 bits per heavy atom. The van der Waals surface area contributed by atoms with Gasteiger partial charge in [0, 0.05) is 29.7 Å². The molecule has 3 aromatic rings. The number of esters is 1. The van der Waals surface area contributed by atoms with E-state index < -0.39 is 10.9 Å². The predicted molar refractivity (Wildman–Crippen MR) is 90.5 cm³/mol. The van der Waals surface area contributed by atoms with Crippen molar-refractivity contribution in [1.29, 1.82) is 0 Å². The molecule has 1 aromatic heterocycles. The highest BCUT2D eigenvalue weighted by Crippen LogP contribution is 2.20. The third kappa shape index (κ3) is 3.72. The van der Waals surface area contributed by atoms with Crippen molar-refractivity contribution in [2.24, 2.45) is 0 Å².